The van der Waals surface area contributed by atoms with Gasteiger partial charge in [0.15, 0.2) is 11.5 Å². The first-order valence-corrected chi connectivity index (χ1v) is 8.56. The van der Waals surface area contributed by atoms with Gasteiger partial charge in [0.2, 0.25) is 0 Å². The zero-order valence-corrected chi connectivity index (χ0v) is 16.1. The van der Waals surface area contributed by atoms with Crippen LogP contribution in [0.1, 0.15) is 11.1 Å². The van der Waals surface area contributed by atoms with E-state index in [4.69, 9.17) is 9.47 Å². The topological polar surface area (TPSA) is 85.4 Å². The van der Waals surface area contributed by atoms with Gasteiger partial charge in [0.05, 0.1) is 27.2 Å². The number of rotatable bonds is 7. The molecule has 0 unspecified atom stereocenters. The lowest BCUT2D eigenvalue weighted by Crippen LogP contribution is -1.99. The normalized spacial score (nSPS) is 10.7. The molecule has 132 valence electrons. The van der Waals surface area contributed by atoms with E-state index in [1.165, 1.54) is 19.2 Å². The van der Waals surface area contributed by atoms with E-state index in [0.717, 1.165) is 9.13 Å². The molecule has 0 aliphatic heterocycles. The molecule has 0 amide bonds. The minimum absolute atomic E-state index is 0.0658. The number of methoxy groups -OCH3 is 1. The van der Waals surface area contributed by atoms with Crippen molar-refractivity contribution in [3.63, 3.8) is 0 Å². The Bertz CT molecular complexity index is 916. The lowest BCUT2D eigenvalue weighted by atomic mass is 10.0. The van der Waals surface area contributed by atoms with Gasteiger partial charge in [0.25, 0.3) is 5.69 Å². The van der Waals surface area contributed by atoms with Gasteiger partial charge in [-0.1, -0.05) is 24.8 Å². The Morgan fingerprint density at radius 3 is 2.81 bits per heavy atom. The third kappa shape index (κ3) is 4.61. The molecule has 0 bridgehead atoms. The summed E-state index contributed by atoms with van der Waals surface area (Å²) in [5.41, 5.74) is 1.44. The van der Waals surface area contributed by atoms with Crippen molar-refractivity contribution < 1.29 is 14.4 Å². The Kier molecular flexibility index (Phi) is 6.74. The molecule has 2 aromatic rings. The highest BCUT2D eigenvalue weighted by Gasteiger charge is 2.13. The quantitative estimate of drug-likeness (QED) is 0.147. The number of allylic oxidation sites excluding steroid dienone is 1. The first kappa shape index (κ1) is 19.5. The molecule has 7 heteroatoms. The second kappa shape index (κ2) is 9.01. The van der Waals surface area contributed by atoms with Gasteiger partial charge in [-0.2, -0.15) is 5.26 Å². The number of nitro benzene ring substituents is 1. The fourth-order valence-electron chi connectivity index (χ4n) is 2.24. The monoisotopic (exact) mass is 462 g/mol. The predicted octanol–water partition coefficient (Wildman–Crippen LogP) is 4.84. The summed E-state index contributed by atoms with van der Waals surface area (Å²) in [5, 5.41) is 20.4. The van der Waals surface area contributed by atoms with Gasteiger partial charge in [0.1, 0.15) is 6.61 Å². The molecule has 0 saturated heterocycles. The van der Waals surface area contributed by atoms with Crippen LogP contribution in [0.2, 0.25) is 0 Å². The summed E-state index contributed by atoms with van der Waals surface area (Å²) in [7, 11) is 1.53. The third-order valence-corrected chi connectivity index (χ3v) is 4.20. The van der Waals surface area contributed by atoms with Crippen LogP contribution in [0.4, 0.5) is 5.69 Å². The number of nitrogens with zero attached hydrogens (tertiary/aromatic N) is 2. The molecule has 6 nitrogen and oxygen atoms in total. The maximum atomic E-state index is 10.9. The standard InChI is InChI=1S/C19H15IN2O4/c1-3-7-26-19-17(20)9-13(10-18(19)25-2)8-15(12-21)14-5-4-6-16(11-14)22(23)24/h3-6,8-11H,1,7H2,2H3. The van der Waals surface area contributed by atoms with Crippen LogP contribution < -0.4 is 9.47 Å². The minimum Gasteiger partial charge on any atom is -0.493 e. The fourth-order valence-corrected chi connectivity index (χ4v) is 3.02. The molecule has 2 aromatic carbocycles. The van der Waals surface area contributed by atoms with Crippen LogP contribution in [-0.4, -0.2) is 18.6 Å². The Morgan fingerprint density at radius 1 is 1.42 bits per heavy atom. The summed E-state index contributed by atoms with van der Waals surface area (Å²) in [4.78, 5) is 10.4. The van der Waals surface area contributed by atoms with Gasteiger partial charge in [-0.25, -0.2) is 0 Å². The average Bonchev–Trinajstić information content (AvgIpc) is 2.64. The zero-order chi connectivity index (χ0) is 19.1. The minimum atomic E-state index is -0.490. The molecule has 2 rings (SSSR count). The molecule has 0 heterocycles. The van der Waals surface area contributed by atoms with Crippen LogP contribution in [-0.2, 0) is 0 Å². The van der Waals surface area contributed by atoms with E-state index in [9.17, 15) is 15.4 Å². The van der Waals surface area contributed by atoms with E-state index < -0.39 is 4.92 Å². The van der Waals surface area contributed by atoms with Crippen molar-refractivity contribution >= 4 is 39.9 Å². The van der Waals surface area contributed by atoms with Gasteiger partial charge in [-0.3, -0.25) is 10.1 Å². The largest absolute Gasteiger partial charge is 0.493 e. The first-order valence-electron chi connectivity index (χ1n) is 7.48. The zero-order valence-electron chi connectivity index (χ0n) is 13.9. The van der Waals surface area contributed by atoms with Crippen molar-refractivity contribution in [2.24, 2.45) is 0 Å². The van der Waals surface area contributed by atoms with Crippen molar-refractivity contribution in [1.82, 2.24) is 0 Å². The van der Waals surface area contributed by atoms with Crippen molar-refractivity contribution in [2.45, 2.75) is 0 Å². The molecule has 0 aliphatic rings. The Labute approximate surface area is 164 Å². The summed E-state index contributed by atoms with van der Waals surface area (Å²) in [6.45, 7) is 3.97. The summed E-state index contributed by atoms with van der Waals surface area (Å²) < 4.78 is 11.8. The van der Waals surface area contributed by atoms with Gasteiger partial charge < -0.3 is 9.47 Å². The van der Waals surface area contributed by atoms with E-state index in [1.807, 2.05) is 6.07 Å². The fraction of sp³-hybridized carbons (Fsp3) is 0.105. The number of non-ortho nitro benzene ring substituents is 1. The number of hydrogen-bond donors (Lipinski definition) is 0. The van der Waals surface area contributed by atoms with Crippen molar-refractivity contribution in [3.05, 3.63) is 73.9 Å². The lowest BCUT2D eigenvalue weighted by molar-refractivity contribution is -0.384. The van der Waals surface area contributed by atoms with E-state index >= 15 is 0 Å². The van der Waals surface area contributed by atoms with E-state index in [2.05, 4.69) is 35.2 Å². The number of nitriles is 1. The van der Waals surface area contributed by atoms with E-state index in [-0.39, 0.29) is 5.69 Å². The summed E-state index contributed by atoms with van der Waals surface area (Å²) >= 11 is 2.12. The highest BCUT2D eigenvalue weighted by atomic mass is 127. The summed E-state index contributed by atoms with van der Waals surface area (Å²) in [6, 6.07) is 11.6. The maximum absolute atomic E-state index is 10.9. The SMILES string of the molecule is C=CCOc1c(I)cc(C=C(C#N)c2cccc([N+](=O)[O-])c2)cc1OC. The molecule has 0 aromatic heterocycles. The molecule has 0 N–H and O–H groups in total. The van der Waals surface area contributed by atoms with Crippen molar-refractivity contribution in [3.8, 4) is 17.6 Å². The van der Waals surface area contributed by atoms with Crippen LogP contribution >= 0.6 is 22.6 Å². The number of ether oxygens (including phenoxy) is 2. The van der Waals surface area contributed by atoms with Crippen molar-refractivity contribution in [2.75, 3.05) is 13.7 Å². The molecule has 0 spiro atoms. The van der Waals surface area contributed by atoms with Gasteiger partial charge >= 0.3 is 0 Å². The Hall–Kier alpha value is -2.86. The summed E-state index contributed by atoms with van der Waals surface area (Å²) in [5.74, 6) is 1.13. The Balaban J connectivity index is 2.48. The van der Waals surface area contributed by atoms with E-state index in [0.29, 0.717) is 29.2 Å². The summed E-state index contributed by atoms with van der Waals surface area (Å²) in [6.07, 6.45) is 3.29. The van der Waals surface area contributed by atoms with Gasteiger partial charge in [-0.15, -0.1) is 0 Å². The number of hydrogen-bond acceptors (Lipinski definition) is 5. The van der Waals surface area contributed by atoms with Crippen LogP contribution in [0.25, 0.3) is 11.6 Å². The maximum Gasteiger partial charge on any atom is 0.270 e. The molecular formula is C19H15IN2O4. The van der Waals surface area contributed by atoms with Gasteiger partial charge in [-0.05, 0) is 51.9 Å². The number of halogens is 1. The van der Waals surface area contributed by atoms with Crippen molar-refractivity contribution in [1.29, 1.82) is 5.26 Å². The number of nitro groups is 1. The third-order valence-electron chi connectivity index (χ3n) is 3.40. The second-order valence-corrected chi connectivity index (χ2v) is 6.27. The van der Waals surface area contributed by atoms with Crippen LogP contribution in [0.5, 0.6) is 11.5 Å². The molecule has 0 saturated carbocycles. The molecule has 26 heavy (non-hydrogen) atoms. The van der Waals surface area contributed by atoms with Crippen LogP contribution in [0.3, 0.4) is 0 Å². The molecule has 0 radical (unpaired) electrons. The Morgan fingerprint density at radius 2 is 2.19 bits per heavy atom. The average molecular weight is 462 g/mol. The lowest BCUT2D eigenvalue weighted by Gasteiger charge is -2.12. The second-order valence-electron chi connectivity index (χ2n) is 5.11. The highest BCUT2D eigenvalue weighted by Crippen LogP contribution is 2.35. The molecule has 0 fully saturated rings. The van der Waals surface area contributed by atoms with Gasteiger partial charge in [0, 0.05) is 12.1 Å². The van der Waals surface area contributed by atoms with Crippen LogP contribution in [0.15, 0.2) is 49.1 Å². The highest BCUT2D eigenvalue weighted by molar-refractivity contribution is 14.1. The first-order chi connectivity index (χ1) is 12.5. The smallest absolute Gasteiger partial charge is 0.270 e. The predicted molar refractivity (Wildman–Crippen MR) is 108 cm³/mol. The van der Waals surface area contributed by atoms with Crippen LogP contribution in [0, 0.1) is 25.0 Å². The molecule has 0 atom stereocenters. The molecule has 0 aliphatic carbocycles. The number of benzene rings is 2. The molecular weight excluding hydrogens is 447 g/mol. The van der Waals surface area contributed by atoms with E-state index in [1.54, 1.807) is 30.4 Å².